The van der Waals surface area contributed by atoms with Gasteiger partial charge < -0.3 is 20.2 Å². The average Bonchev–Trinajstić information content (AvgIpc) is 3.11. The summed E-state index contributed by atoms with van der Waals surface area (Å²) >= 11 is 1.63. The minimum absolute atomic E-state index is 0.0145. The summed E-state index contributed by atoms with van der Waals surface area (Å²) in [6.45, 7) is 4.96. The zero-order valence-corrected chi connectivity index (χ0v) is 16.2. The molecular weight excluding hydrogens is 352 g/mol. The maximum Gasteiger partial charge on any atom is 0.317 e. The van der Waals surface area contributed by atoms with Gasteiger partial charge in [0.25, 0.3) is 0 Å². The van der Waals surface area contributed by atoms with Crippen LogP contribution in [0.5, 0.6) is 0 Å². The van der Waals surface area contributed by atoms with Gasteiger partial charge in [-0.15, -0.1) is 11.3 Å². The van der Waals surface area contributed by atoms with Crippen molar-refractivity contribution in [3.63, 3.8) is 0 Å². The Balaban J connectivity index is 1.57. The van der Waals surface area contributed by atoms with Gasteiger partial charge >= 0.3 is 6.03 Å². The van der Waals surface area contributed by atoms with Gasteiger partial charge in [-0.3, -0.25) is 4.79 Å². The fourth-order valence-electron chi connectivity index (χ4n) is 4.01. The van der Waals surface area contributed by atoms with Crippen LogP contribution in [0.1, 0.15) is 43.3 Å². The van der Waals surface area contributed by atoms with Gasteiger partial charge in [-0.25, -0.2) is 9.78 Å². The Morgan fingerprint density at radius 1 is 1.42 bits per heavy atom. The summed E-state index contributed by atoms with van der Waals surface area (Å²) in [7, 11) is 0. The maximum absolute atomic E-state index is 12.6. The van der Waals surface area contributed by atoms with Crippen molar-refractivity contribution in [3.8, 4) is 0 Å². The zero-order valence-electron chi connectivity index (χ0n) is 15.4. The molecule has 1 atom stereocenters. The number of aromatic nitrogens is 1. The van der Waals surface area contributed by atoms with Gasteiger partial charge in [0, 0.05) is 43.4 Å². The topological polar surface area (TPSA) is 85.8 Å². The molecular formula is C18H28N4O3S. The molecule has 3 amide bonds. The third-order valence-electron chi connectivity index (χ3n) is 5.39. The Morgan fingerprint density at radius 3 is 3.00 bits per heavy atom. The second-order valence-electron chi connectivity index (χ2n) is 7.31. The van der Waals surface area contributed by atoms with Gasteiger partial charge in [-0.1, -0.05) is 6.92 Å². The third kappa shape index (κ3) is 4.35. The van der Waals surface area contributed by atoms with E-state index in [1.807, 2.05) is 10.3 Å². The molecule has 144 valence electrons. The highest BCUT2D eigenvalue weighted by molar-refractivity contribution is 7.09. The number of aliphatic hydroxyl groups is 1. The molecule has 1 unspecified atom stereocenters. The zero-order chi connectivity index (χ0) is 18.6. The summed E-state index contributed by atoms with van der Waals surface area (Å²) in [5.41, 5.74) is 0.874. The van der Waals surface area contributed by atoms with Crippen LogP contribution in [0.25, 0.3) is 0 Å². The number of thiazole rings is 1. The molecule has 26 heavy (non-hydrogen) atoms. The van der Waals surface area contributed by atoms with E-state index in [1.165, 1.54) is 0 Å². The second kappa shape index (κ2) is 8.35. The Morgan fingerprint density at radius 2 is 2.27 bits per heavy atom. The minimum atomic E-state index is -0.0549. The number of piperidine rings is 2. The van der Waals surface area contributed by atoms with Crippen LogP contribution in [0.4, 0.5) is 4.79 Å². The van der Waals surface area contributed by atoms with Crippen molar-refractivity contribution in [1.29, 1.82) is 0 Å². The van der Waals surface area contributed by atoms with Crippen LogP contribution in [0.15, 0.2) is 5.38 Å². The summed E-state index contributed by atoms with van der Waals surface area (Å²) < 4.78 is 0. The summed E-state index contributed by atoms with van der Waals surface area (Å²) in [6.07, 6.45) is 4.22. The van der Waals surface area contributed by atoms with Crippen molar-refractivity contribution in [1.82, 2.24) is 20.1 Å². The molecule has 2 aliphatic heterocycles. The molecule has 2 saturated heterocycles. The highest BCUT2D eigenvalue weighted by Crippen LogP contribution is 2.38. The van der Waals surface area contributed by atoms with E-state index in [0.29, 0.717) is 32.6 Å². The molecule has 0 radical (unpaired) electrons. The summed E-state index contributed by atoms with van der Waals surface area (Å²) in [4.78, 5) is 32.8. The van der Waals surface area contributed by atoms with Crippen LogP contribution in [-0.4, -0.2) is 64.6 Å². The molecule has 0 bridgehead atoms. The van der Waals surface area contributed by atoms with E-state index in [1.54, 1.807) is 16.2 Å². The number of amides is 3. The molecule has 2 aliphatic rings. The van der Waals surface area contributed by atoms with E-state index < -0.39 is 0 Å². The second-order valence-corrected chi connectivity index (χ2v) is 8.25. The number of β-amino-alcohol motifs (C(OH)–C–C–N with tert-alkyl or cyclic N) is 1. The molecule has 2 N–H and O–H groups in total. The van der Waals surface area contributed by atoms with Crippen molar-refractivity contribution in [2.45, 2.75) is 45.6 Å². The van der Waals surface area contributed by atoms with E-state index in [2.05, 4.69) is 17.2 Å². The number of nitrogens with one attached hydrogen (secondary N) is 1. The lowest BCUT2D eigenvalue weighted by molar-refractivity contribution is -0.139. The Bertz CT molecular complexity index is 650. The minimum Gasteiger partial charge on any atom is -0.395 e. The van der Waals surface area contributed by atoms with Crippen LogP contribution >= 0.6 is 11.3 Å². The van der Waals surface area contributed by atoms with Crippen molar-refractivity contribution in [3.05, 3.63) is 16.1 Å². The normalized spacial score (nSPS) is 23.5. The number of carbonyl (C=O) groups is 2. The molecule has 7 nitrogen and oxygen atoms in total. The number of aryl methyl sites for hydroxylation is 1. The van der Waals surface area contributed by atoms with Gasteiger partial charge in [0.15, 0.2) is 0 Å². The molecule has 3 heterocycles. The van der Waals surface area contributed by atoms with Crippen molar-refractivity contribution in [2.24, 2.45) is 5.41 Å². The molecule has 2 fully saturated rings. The van der Waals surface area contributed by atoms with Crippen LogP contribution in [0.3, 0.4) is 0 Å². The quantitative estimate of drug-likeness (QED) is 0.813. The first kappa shape index (κ1) is 19.1. The molecule has 0 saturated carbocycles. The number of urea groups is 1. The molecule has 8 heteroatoms. The van der Waals surface area contributed by atoms with E-state index in [4.69, 9.17) is 0 Å². The third-order valence-corrected chi connectivity index (χ3v) is 6.43. The molecule has 1 aromatic rings. The van der Waals surface area contributed by atoms with E-state index in [0.717, 1.165) is 42.9 Å². The molecule has 0 aromatic carbocycles. The lowest BCUT2D eigenvalue weighted by Gasteiger charge is -2.48. The molecule has 1 spiro atoms. The lowest BCUT2D eigenvalue weighted by Crippen LogP contribution is -2.56. The van der Waals surface area contributed by atoms with Crippen LogP contribution in [0.2, 0.25) is 0 Å². The Labute approximate surface area is 158 Å². The van der Waals surface area contributed by atoms with E-state index in [9.17, 15) is 14.7 Å². The molecule has 3 rings (SSSR count). The molecule has 0 aliphatic carbocycles. The highest BCUT2D eigenvalue weighted by Gasteiger charge is 2.42. The number of hydrogen-bond acceptors (Lipinski definition) is 5. The summed E-state index contributed by atoms with van der Waals surface area (Å²) in [5, 5.41) is 15.3. The summed E-state index contributed by atoms with van der Waals surface area (Å²) in [6, 6.07) is -0.0549. The lowest BCUT2D eigenvalue weighted by atomic mass is 9.73. The van der Waals surface area contributed by atoms with Crippen molar-refractivity contribution >= 4 is 23.3 Å². The first-order valence-corrected chi connectivity index (χ1v) is 10.3. The van der Waals surface area contributed by atoms with Gasteiger partial charge in [0.05, 0.1) is 23.9 Å². The predicted octanol–water partition coefficient (Wildman–Crippen LogP) is 1.61. The van der Waals surface area contributed by atoms with Crippen LogP contribution in [-0.2, 0) is 17.8 Å². The molecule has 1 aromatic heterocycles. The van der Waals surface area contributed by atoms with Gasteiger partial charge in [0.1, 0.15) is 0 Å². The number of hydrogen-bond donors (Lipinski definition) is 2. The Kier molecular flexibility index (Phi) is 6.13. The number of rotatable bonds is 5. The van der Waals surface area contributed by atoms with Gasteiger partial charge in [-0.2, -0.15) is 0 Å². The number of carbonyl (C=O) groups excluding carboxylic acids is 2. The summed E-state index contributed by atoms with van der Waals surface area (Å²) in [5.74, 6) is 0.113. The monoisotopic (exact) mass is 380 g/mol. The van der Waals surface area contributed by atoms with Crippen molar-refractivity contribution in [2.75, 3.05) is 32.8 Å². The van der Waals surface area contributed by atoms with Gasteiger partial charge in [-0.05, 0) is 25.7 Å². The highest BCUT2D eigenvalue weighted by atomic mass is 32.1. The number of aliphatic hydroxyl groups excluding tert-OH is 1. The maximum atomic E-state index is 12.6. The first-order chi connectivity index (χ1) is 12.5. The number of nitrogens with zero attached hydrogens (tertiary/aromatic N) is 3. The first-order valence-electron chi connectivity index (χ1n) is 9.40. The van der Waals surface area contributed by atoms with Crippen molar-refractivity contribution < 1.29 is 14.7 Å². The van der Waals surface area contributed by atoms with E-state index >= 15 is 0 Å². The fraction of sp³-hybridized carbons (Fsp3) is 0.722. The predicted molar refractivity (Wildman–Crippen MR) is 99.9 cm³/mol. The van der Waals surface area contributed by atoms with Gasteiger partial charge in [0.2, 0.25) is 5.91 Å². The standard InChI is InChI=1S/C18H28N4O3S/c1-2-15-20-14(11-26-15)10-19-17(25)22-7-3-5-18(13-22)6-4-16(24)21(12-18)8-9-23/h11,23H,2-10,12-13H2,1H3,(H,19,25). The van der Waals surface area contributed by atoms with Crippen LogP contribution < -0.4 is 5.32 Å². The number of likely N-dealkylation sites (tertiary alicyclic amines) is 2. The fourth-order valence-corrected chi connectivity index (χ4v) is 4.76. The van der Waals surface area contributed by atoms with E-state index in [-0.39, 0.29) is 24.0 Å². The largest absolute Gasteiger partial charge is 0.395 e. The Hall–Kier alpha value is -1.67. The smallest absolute Gasteiger partial charge is 0.317 e. The van der Waals surface area contributed by atoms with Crippen LogP contribution in [0, 0.1) is 5.41 Å². The average molecular weight is 381 g/mol. The SMILES string of the molecule is CCc1nc(CNC(=O)N2CCCC3(CCC(=O)N(CCO)C3)C2)cs1.